The molecule has 1 aliphatic rings. The van der Waals surface area contributed by atoms with Gasteiger partial charge < -0.3 is 24.4 Å². The lowest BCUT2D eigenvalue weighted by Gasteiger charge is -2.26. The van der Waals surface area contributed by atoms with Crippen LogP contribution < -0.4 is 19.5 Å². The summed E-state index contributed by atoms with van der Waals surface area (Å²) in [6.07, 6.45) is 1.92. The van der Waals surface area contributed by atoms with E-state index >= 15 is 0 Å². The highest BCUT2D eigenvalue weighted by Gasteiger charge is 2.30. The Morgan fingerprint density at radius 1 is 1.00 bits per heavy atom. The van der Waals surface area contributed by atoms with Crippen molar-refractivity contribution in [1.29, 1.82) is 0 Å². The summed E-state index contributed by atoms with van der Waals surface area (Å²) >= 11 is 0. The van der Waals surface area contributed by atoms with Crippen molar-refractivity contribution in [1.82, 2.24) is 4.90 Å². The first kappa shape index (κ1) is 17.9. The highest BCUT2D eigenvalue weighted by atomic mass is 16.5. The predicted molar refractivity (Wildman–Crippen MR) is 100 cm³/mol. The van der Waals surface area contributed by atoms with Gasteiger partial charge in [-0.05, 0) is 42.7 Å². The number of likely N-dealkylation sites (tertiary alicyclic amines) is 1. The van der Waals surface area contributed by atoms with Crippen LogP contribution in [0.2, 0.25) is 0 Å². The van der Waals surface area contributed by atoms with E-state index < -0.39 is 0 Å². The summed E-state index contributed by atoms with van der Waals surface area (Å²) < 4.78 is 15.8. The fourth-order valence-corrected chi connectivity index (χ4v) is 3.27. The lowest BCUT2D eigenvalue weighted by atomic mass is 10.0. The van der Waals surface area contributed by atoms with Gasteiger partial charge in [0.25, 0.3) is 0 Å². The maximum absolute atomic E-state index is 12.8. The zero-order valence-electron chi connectivity index (χ0n) is 15.3. The number of nitrogens with zero attached hydrogens (tertiary/aromatic N) is 1. The third-order valence-corrected chi connectivity index (χ3v) is 4.66. The summed E-state index contributed by atoms with van der Waals surface area (Å²) in [6.45, 7) is 0.723. The van der Waals surface area contributed by atoms with Gasteiger partial charge in [-0.2, -0.15) is 0 Å². The Kier molecular flexibility index (Phi) is 5.51. The van der Waals surface area contributed by atoms with Crippen LogP contribution in [-0.4, -0.2) is 38.8 Å². The van der Waals surface area contributed by atoms with Gasteiger partial charge in [-0.15, -0.1) is 0 Å². The standard InChI is InChI=1S/C20H24N2O4/c1-24-15-8-6-14(7-9-15)18-5-4-12-22(18)20(23)21-17-11-10-16(25-2)13-19(17)26-3/h6-11,13,18H,4-5,12H2,1-3H3,(H,21,23)/t18-/m1/s1. The Hall–Kier alpha value is -2.89. The molecule has 0 spiro atoms. The molecule has 1 heterocycles. The van der Waals surface area contributed by atoms with E-state index in [0.717, 1.165) is 30.7 Å². The van der Waals surface area contributed by atoms with E-state index in [-0.39, 0.29) is 12.1 Å². The SMILES string of the molecule is COc1ccc([C@H]2CCCN2C(=O)Nc2ccc(OC)cc2OC)cc1. The largest absolute Gasteiger partial charge is 0.497 e. The van der Waals surface area contributed by atoms with Crippen LogP contribution >= 0.6 is 0 Å². The maximum atomic E-state index is 12.8. The number of urea groups is 1. The molecule has 2 aromatic carbocycles. The summed E-state index contributed by atoms with van der Waals surface area (Å²) in [4.78, 5) is 14.7. The van der Waals surface area contributed by atoms with Gasteiger partial charge in [-0.3, -0.25) is 0 Å². The Morgan fingerprint density at radius 2 is 1.69 bits per heavy atom. The molecule has 1 saturated heterocycles. The number of methoxy groups -OCH3 is 3. The van der Waals surface area contributed by atoms with Crippen LogP contribution in [0.4, 0.5) is 10.5 Å². The van der Waals surface area contributed by atoms with Gasteiger partial charge in [0.05, 0.1) is 33.1 Å². The van der Waals surface area contributed by atoms with E-state index in [2.05, 4.69) is 5.32 Å². The van der Waals surface area contributed by atoms with Crippen LogP contribution in [0.1, 0.15) is 24.4 Å². The van der Waals surface area contributed by atoms with Gasteiger partial charge in [-0.1, -0.05) is 12.1 Å². The van der Waals surface area contributed by atoms with Crippen molar-refractivity contribution in [3.05, 3.63) is 48.0 Å². The normalized spacial score (nSPS) is 16.3. The van der Waals surface area contributed by atoms with Crippen LogP contribution in [0.3, 0.4) is 0 Å². The van der Waals surface area contributed by atoms with Crippen molar-refractivity contribution in [2.24, 2.45) is 0 Å². The fraction of sp³-hybridized carbons (Fsp3) is 0.350. The quantitative estimate of drug-likeness (QED) is 0.877. The van der Waals surface area contributed by atoms with Crippen LogP contribution in [-0.2, 0) is 0 Å². The number of carbonyl (C=O) groups is 1. The number of amides is 2. The molecule has 138 valence electrons. The number of hydrogen-bond donors (Lipinski definition) is 1. The van der Waals surface area contributed by atoms with Gasteiger partial charge in [0, 0.05) is 12.6 Å². The summed E-state index contributed by atoms with van der Waals surface area (Å²) in [5.41, 5.74) is 1.74. The Bertz CT molecular complexity index is 761. The summed E-state index contributed by atoms with van der Waals surface area (Å²) in [5, 5.41) is 2.96. The zero-order chi connectivity index (χ0) is 18.5. The van der Waals surface area contributed by atoms with Crippen LogP contribution in [0.25, 0.3) is 0 Å². The average molecular weight is 356 g/mol. The molecular weight excluding hydrogens is 332 g/mol. The molecule has 2 aromatic rings. The van der Waals surface area contributed by atoms with E-state index in [0.29, 0.717) is 17.2 Å². The predicted octanol–water partition coefficient (Wildman–Crippen LogP) is 4.08. The molecule has 0 radical (unpaired) electrons. The molecule has 2 amide bonds. The lowest BCUT2D eigenvalue weighted by Crippen LogP contribution is -2.34. The number of anilines is 1. The molecule has 6 nitrogen and oxygen atoms in total. The van der Waals surface area contributed by atoms with Gasteiger partial charge in [0.2, 0.25) is 0 Å². The summed E-state index contributed by atoms with van der Waals surface area (Å²) in [6, 6.07) is 13.1. The molecule has 1 fully saturated rings. The molecule has 1 N–H and O–H groups in total. The molecule has 1 atom stereocenters. The number of ether oxygens (including phenoxy) is 3. The number of hydrogen-bond acceptors (Lipinski definition) is 4. The second-order valence-corrected chi connectivity index (χ2v) is 6.12. The molecule has 0 saturated carbocycles. The summed E-state index contributed by atoms with van der Waals surface area (Å²) in [7, 11) is 4.81. The van der Waals surface area contributed by atoms with Gasteiger partial charge in [-0.25, -0.2) is 4.79 Å². The van der Waals surface area contributed by atoms with Crippen molar-refractivity contribution in [3.8, 4) is 17.2 Å². The first-order valence-electron chi connectivity index (χ1n) is 8.60. The van der Waals surface area contributed by atoms with Crippen LogP contribution in [0.5, 0.6) is 17.2 Å². The van der Waals surface area contributed by atoms with Gasteiger partial charge in [0.1, 0.15) is 17.2 Å². The number of rotatable bonds is 5. The van der Waals surface area contributed by atoms with Crippen LogP contribution in [0.15, 0.2) is 42.5 Å². The molecule has 3 rings (SSSR count). The zero-order valence-corrected chi connectivity index (χ0v) is 15.3. The number of nitrogens with one attached hydrogen (secondary N) is 1. The third-order valence-electron chi connectivity index (χ3n) is 4.66. The number of carbonyl (C=O) groups excluding carboxylic acids is 1. The molecule has 26 heavy (non-hydrogen) atoms. The van der Waals surface area contributed by atoms with Crippen molar-refractivity contribution >= 4 is 11.7 Å². The van der Waals surface area contributed by atoms with Crippen molar-refractivity contribution in [2.75, 3.05) is 33.2 Å². The minimum Gasteiger partial charge on any atom is -0.497 e. The first-order chi connectivity index (χ1) is 12.7. The molecule has 0 aromatic heterocycles. The van der Waals surface area contributed by atoms with E-state index in [1.54, 1.807) is 39.5 Å². The molecule has 6 heteroatoms. The average Bonchev–Trinajstić information content (AvgIpc) is 3.18. The molecule has 0 unspecified atom stereocenters. The van der Waals surface area contributed by atoms with Crippen molar-refractivity contribution in [3.63, 3.8) is 0 Å². The molecular formula is C20H24N2O4. The Labute approximate surface area is 153 Å². The highest BCUT2D eigenvalue weighted by molar-refractivity contribution is 5.91. The molecule has 0 bridgehead atoms. The third kappa shape index (κ3) is 3.69. The van der Waals surface area contributed by atoms with Gasteiger partial charge >= 0.3 is 6.03 Å². The second-order valence-electron chi connectivity index (χ2n) is 6.12. The molecule has 1 aliphatic heterocycles. The smallest absolute Gasteiger partial charge is 0.322 e. The Balaban J connectivity index is 1.76. The van der Waals surface area contributed by atoms with E-state index in [9.17, 15) is 4.79 Å². The van der Waals surface area contributed by atoms with Crippen molar-refractivity contribution < 1.29 is 19.0 Å². The minimum atomic E-state index is -0.133. The second kappa shape index (κ2) is 7.99. The minimum absolute atomic E-state index is 0.0603. The highest BCUT2D eigenvalue weighted by Crippen LogP contribution is 2.34. The molecule has 0 aliphatic carbocycles. The van der Waals surface area contributed by atoms with E-state index in [1.807, 2.05) is 29.2 Å². The number of benzene rings is 2. The van der Waals surface area contributed by atoms with Crippen LogP contribution in [0, 0.1) is 0 Å². The topological polar surface area (TPSA) is 60.0 Å². The maximum Gasteiger partial charge on any atom is 0.322 e. The van der Waals surface area contributed by atoms with Gasteiger partial charge in [0.15, 0.2) is 0 Å². The summed E-state index contributed by atoms with van der Waals surface area (Å²) in [5.74, 6) is 2.06. The first-order valence-corrected chi connectivity index (χ1v) is 8.60. The van der Waals surface area contributed by atoms with E-state index in [1.165, 1.54) is 0 Å². The Morgan fingerprint density at radius 3 is 2.35 bits per heavy atom. The van der Waals surface area contributed by atoms with E-state index in [4.69, 9.17) is 14.2 Å². The monoisotopic (exact) mass is 356 g/mol. The lowest BCUT2D eigenvalue weighted by molar-refractivity contribution is 0.207. The van der Waals surface area contributed by atoms with Crippen molar-refractivity contribution in [2.45, 2.75) is 18.9 Å². The fourth-order valence-electron chi connectivity index (χ4n) is 3.27.